The molecule has 0 radical (unpaired) electrons. The summed E-state index contributed by atoms with van der Waals surface area (Å²) >= 11 is 0. The molecule has 0 aliphatic rings. The maximum Gasteiger partial charge on any atom is 0.228 e. The SMILES string of the molecule is C/C(N=N)=N\N=C(/N)NN. The van der Waals surface area contributed by atoms with Crippen LogP contribution in [0, 0.1) is 5.53 Å². The molecule has 0 saturated heterocycles. The van der Waals surface area contributed by atoms with E-state index in [-0.39, 0.29) is 11.8 Å². The maximum atomic E-state index is 6.44. The van der Waals surface area contributed by atoms with Gasteiger partial charge in [-0.3, -0.25) is 5.43 Å². The number of amidine groups is 1. The minimum absolute atomic E-state index is 0.0250. The monoisotopic (exact) mass is 143 g/mol. The van der Waals surface area contributed by atoms with Crippen LogP contribution < -0.4 is 17.0 Å². The molecule has 0 aromatic rings. The first-order valence-corrected chi connectivity index (χ1v) is 2.42. The van der Waals surface area contributed by atoms with Crippen LogP contribution in [-0.2, 0) is 0 Å². The summed E-state index contributed by atoms with van der Waals surface area (Å²) in [4.78, 5) is 0. The fraction of sp³-hybridized carbons (Fsp3) is 0.333. The molecule has 10 heavy (non-hydrogen) atoms. The summed E-state index contributed by atoms with van der Waals surface area (Å²) in [6.07, 6.45) is 0. The van der Waals surface area contributed by atoms with Gasteiger partial charge in [0, 0.05) is 0 Å². The number of guanidine groups is 1. The lowest BCUT2D eigenvalue weighted by Gasteiger charge is -1.91. The molecule has 7 heteroatoms. The van der Waals surface area contributed by atoms with Crippen LogP contribution in [0.25, 0.3) is 0 Å². The highest BCUT2D eigenvalue weighted by Gasteiger charge is 1.83. The third-order valence-corrected chi connectivity index (χ3v) is 0.612. The van der Waals surface area contributed by atoms with Crippen molar-refractivity contribution in [1.29, 1.82) is 5.53 Å². The lowest BCUT2D eigenvalue weighted by atomic mass is 10.7. The molecule has 0 aromatic heterocycles. The second-order valence-corrected chi connectivity index (χ2v) is 1.39. The van der Waals surface area contributed by atoms with Gasteiger partial charge in [0.05, 0.1) is 0 Å². The summed E-state index contributed by atoms with van der Waals surface area (Å²) in [5.41, 5.74) is 13.6. The van der Waals surface area contributed by atoms with E-state index in [0.29, 0.717) is 0 Å². The maximum absolute atomic E-state index is 6.44. The molecule has 0 heterocycles. The van der Waals surface area contributed by atoms with E-state index >= 15 is 0 Å². The topological polar surface area (TPSA) is 125 Å². The highest BCUT2D eigenvalue weighted by atomic mass is 15.4. The van der Waals surface area contributed by atoms with Gasteiger partial charge in [-0.05, 0) is 6.92 Å². The molecule has 0 fully saturated rings. The van der Waals surface area contributed by atoms with Crippen LogP contribution >= 0.6 is 0 Å². The van der Waals surface area contributed by atoms with Crippen LogP contribution in [0.4, 0.5) is 0 Å². The summed E-state index contributed by atoms with van der Waals surface area (Å²) in [6.45, 7) is 1.51. The van der Waals surface area contributed by atoms with Gasteiger partial charge in [0.25, 0.3) is 0 Å². The molecule has 0 bridgehead atoms. The molecular weight excluding hydrogens is 134 g/mol. The van der Waals surface area contributed by atoms with E-state index in [0.717, 1.165) is 0 Å². The van der Waals surface area contributed by atoms with E-state index in [1.54, 1.807) is 0 Å². The summed E-state index contributed by atoms with van der Waals surface area (Å²) < 4.78 is 0. The summed E-state index contributed by atoms with van der Waals surface area (Å²) in [5, 5.41) is 9.71. The van der Waals surface area contributed by atoms with Gasteiger partial charge in [-0.1, -0.05) is 0 Å². The van der Waals surface area contributed by atoms with Crippen LogP contribution in [0.15, 0.2) is 15.3 Å². The first kappa shape index (κ1) is 8.50. The van der Waals surface area contributed by atoms with Crippen LogP contribution in [0.3, 0.4) is 0 Å². The lowest BCUT2D eigenvalue weighted by Crippen LogP contribution is -2.36. The van der Waals surface area contributed by atoms with Crippen LogP contribution in [0.5, 0.6) is 0 Å². The highest BCUT2D eigenvalue weighted by molar-refractivity contribution is 5.82. The first-order chi connectivity index (χ1) is 4.70. The van der Waals surface area contributed by atoms with Crippen LogP contribution in [-0.4, -0.2) is 11.8 Å². The molecule has 0 aromatic carbocycles. The van der Waals surface area contributed by atoms with Gasteiger partial charge in [-0.15, -0.1) is 15.3 Å². The van der Waals surface area contributed by atoms with Crippen molar-refractivity contribution in [3.63, 3.8) is 0 Å². The Bertz CT molecular complexity index is 168. The van der Waals surface area contributed by atoms with E-state index < -0.39 is 0 Å². The number of hydrazine groups is 1. The second kappa shape index (κ2) is 4.39. The Morgan fingerprint density at radius 1 is 1.50 bits per heavy atom. The van der Waals surface area contributed by atoms with Crippen molar-refractivity contribution < 1.29 is 0 Å². The first-order valence-electron chi connectivity index (χ1n) is 2.42. The van der Waals surface area contributed by atoms with Crippen molar-refractivity contribution >= 4 is 11.8 Å². The minimum atomic E-state index is -0.0250. The van der Waals surface area contributed by atoms with Crippen molar-refractivity contribution in [3.8, 4) is 0 Å². The van der Waals surface area contributed by atoms with Crippen molar-refractivity contribution in [3.05, 3.63) is 0 Å². The summed E-state index contributed by atoms with van der Waals surface area (Å²) in [6, 6.07) is 0. The van der Waals surface area contributed by atoms with Crippen LogP contribution in [0.1, 0.15) is 6.92 Å². The number of nitrogens with one attached hydrogen (secondary N) is 2. The Morgan fingerprint density at radius 2 is 2.10 bits per heavy atom. The van der Waals surface area contributed by atoms with E-state index in [4.69, 9.17) is 17.1 Å². The van der Waals surface area contributed by atoms with Gasteiger partial charge in [-0.25, -0.2) is 11.4 Å². The van der Waals surface area contributed by atoms with Crippen molar-refractivity contribution in [1.82, 2.24) is 5.43 Å². The second-order valence-electron chi connectivity index (χ2n) is 1.39. The van der Waals surface area contributed by atoms with Gasteiger partial charge in [0.2, 0.25) is 5.96 Å². The van der Waals surface area contributed by atoms with E-state index in [2.05, 4.69) is 20.7 Å². The van der Waals surface area contributed by atoms with Crippen molar-refractivity contribution in [2.24, 2.45) is 26.9 Å². The number of hydrogen-bond acceptors (Lipinski definition) is 4. The van der Waals surface area contributed by atoms with Gasteiger partial charge in [0.15, 0.2) is 5.84 Å². The fourth-order valence-electron chi connectivity index (χ4n) is 0.177. The van der Waals surface area contributed by atoms with E-state index in [1.165, 1.54) is 6.92 Å². The van der Waals surface area contributed by atoms with E-state index in [1.807, 2.05) is 0 Å². The quantitative estimate of drug-likeness (QED) is 0.125. The molecule has 0 unspecified atom stereocenters. The summed E-state index contributed by atoms with van der Waals surface area (Å²) in [7, 11) is 0. The standard InChI is InChI=1S/C3H9N7/c1-2(7-5)9-10-3(4)8-6/h5H,6H2,1H3,(H3,4,8,10)/b7-5?,9-2+. The normalized spacial score (nSPS) is 13.0. The molecule has 0 saturated carbocycles. The average Bonchev–Trinajstić information content (AvgIpc) is 1.99. The number of rotatable bonds is 1. The van der Waals surface area contributed by atoms with Gasteiger partial charge < -0.3 is 5.73 Å². The average molecular weight is 143 g/mol. The minimum Gasteiger partial charge on any atom is -0.367 e. The molecule has 0 aliphatic heterocycles. The Morgan fingerprint density at radius 3 is 2.50 bits per heavy atom. The van der Waals surface area contributed by atoms with E-state index in [9.17, 15) is 0 Å². The fourth-order valence-corrected chi connectivity index (χ4v) is 0.177. The molecule has 0 amide bonds. The van der Waals surface area contributed by atoms with Crippen LogP contribution in [0.2, 0.25) is 0 Å². The highest BCUT2D eigenvalue weighted by Crippen LogP contribution is 1.78. The third-order valence-electron chi connectivity index (χ3n) is 0.612. The van der Waals surface area contributed by atoms with Crippen molar-refractivity contribution in [2.75, 3.05) is 0 Å². The zero-order valence-corrected chi connectivity index (χ0v) is 5.50. The largest absolute Gasteiger partial charge is 0.367 e. The molecule has 7 nitrogen and oxygen atoms in total. The number of nitrogens with zero attached hydrogens (tertiary/aromatic N) is 3. The molecule has 0 atom stereocenters. The molecule has 0 aliphatic carbocycles. The molecule has 0 spiro atoms. The third kappa shape index (κ3) is 3.50. The molecule has 6 N–H and O–H groups in total. The molecule has 0 rings (SSSR count). The zero-order valence-electron chi connectivity index (χ0n) is 5.50. The smallest absolute Gasteiger partial charge is 0.228 e. The van der Waals surface area contributed by atoms with Crippen molar-refractivity contribution in [2.45, 2.75) is 6.92 Å². The molecule has 56 valence electrons. The lowest BCUT2D eigenvalue weighted by molar-refractivity contribution is 0.982. The predicted molar refractivity (Wildman–Crippen MR) is 37.2 cm³/mol. The number of nitrogens with two attached hydrogens (primary N) is 2. The zero-order chi connectivity index (χ0) is 7.98. The summed E-state index contributed by atoms with van der Waals surface area (Å²) in [5.74, 6) is 5.03. The van der Waals surface area contributed by atoms with Gasteiger partial charge in [0.1, 0.15) is 0 Å². The number of hydrogen-bond donors (Lipinski definition) is 4. The Labute approximate surface area is 57.7 Å². The molecular formula is C3H9N7. The van der Waals surface area contributed by atoms with Gasteiger partial charge in [-0.2, -0.15) is 0 Å². The Hall–Kier alpha value is -1.50. The predicted octanol–water partition coefficient (Wildman–Crippen LogP) is -0.871. The van der Waals surface area contributed by atoms with Gasteiger partial charge >= 0.3 is 0 Å². The Kier molecular flexibility index (Phi) is 3.73. The Balaban J connectivity index is 4.03.